The summed E-state index contributed by atoms with van der Waals surface area (Å²) in [6.07, 6.45) is 1.46. The Bertz CT molecular complexity index is 804. The number of benzene rings is 1. The number of fused-ring (bicyclic) bond motifs is 1. The third kappa shape index (κ3) is 1.77. The molecule has 2 heterocycles. The van der Waals surface area contributed by atoms with Gasteiger partial charge in [-0.25, -0.2) is 19.2 Å². The molecule has 1 aromatic carbocycles. The van der Waals surface area contributed by atoms with Crippen LogP contribution in [0.3, 0.4) is 0 Å². The van der Waals surface area contributed by atoms with Gasteiger partial charge in [0, 0.05) is 0 Å². The molecule has 6 heteroatoms. The molecule has 0 atom stereocenters. The molecule has 3 aromatic rings. The highest BCUT2D eigenvalue weighted by Crippen LogP contribution is 2.26. The van der Waals surface area contributed by atoms with Crippen LogP contribution in [0.25, 0.3) is 17.0 Å². The molecular weight excluding hydrogens is 244 g/mol. The number of aromatic amines is 1. The van der Waals surface area contributed by atoms with E-state index in [1.54, 1.807) is 7.11 Å². The van der Waals surface area contributed by atoms with Crippen LogP contribution in [0.1, 0.15) is 5.69 Å². The zero-order chi connectivity index (χ0) is 13.4. The highest BCUT2D eigenvalue weighted by Gasteiger charge is 2.11. The molecule has 0 aliphatic rings. The predicted molar refractivity (Wildman–Crippen MR) is 70.3 cm³/mol. The number of imidazole rings is 1. The Morgan fingerprint density at radius 1 is 1.32 bits per heavy atom. The van der Waals surface area contributed by atoms with Crippen LogP contribution in [0, 0.1) is 6.92 Å². The highest BCUT2D eigenvalue weighted by molar-refractivity contribution is 5.65. The molecular formula is C13H12N4O2. The summed E-state index contributed by atoms with van der Waals surface area (Å²) in [7, 11) is 1.58. The monoisotopic (exact) mass is 256 g/mol. The van der Waals surface area contributed by atoms with E-state index in [2.05, 4.69) is 15.0 Å². The molecule has 0 aliphatic carbocycles. The third-order valence-corrected chi connectivity index (χ3v) is 2.94. The minimum atomic E-state index is -0.272. The van der Waals surface area contributed by atoms with Crippen molar-refractivity contribution in [2.24, 2.45) is 0 Å². The van der Waals surface area contributed by atoms with Crippen molar-refractivity contribution in [1.29, 1.82) is 0 Å². The minimum Gasteiger partial charge on any atom is -0.496 e. The average molecular weight is 256 g/mol. The second kappa shape index (κ2) is 4.24. The fourth-order valence-electron chi connectivity index (χ4n) is 1.98. The first kappa shape index (κ1) is 11.5. The minimum absolute atomic E-state index is 0.272. The highest BCUT2D eigenvalue weighted by atomic mass is 16.5. The van der Waals surface area contributed by atoms with Crippen molar-refractivity contribution < 1.29 is 4.74 Å². The van der Waals surface area contributed by atoms with Gasteiger partial charge >= 0.3 is 5.69 Å². The van der Waals surface area contributed by atoms with Gasteiger partial charge in [0.05, 0.1) is 18.4 Å². The topological polar surface area (TPSA) is 72.3 Å². The number of nitrogens with zero attached hydrogens (tertiary/aromatic N) is 3. The van der Waals surface area contributed by atoms with E-state index in [0.29, 0.717) is 22.9 Å². The van der Waals surface area contributed by atoms with Crippen molar-refractivity contribution >= 4 is 5.65 Å². The molecule has 3 rings (SSSR count). The van der Waals surface area contributed by atoms with Crippen molar-refractivity contribution in [2.75, 3.05) is 7.11 Å². The van der Waals surface area contributed by atoms with E-state index in [4.69, 9.17) is 4.74 Å². The first-order chi connectivity index (χ1) is 9.20. The van der Waals surface area contributed by atoms with Crippen molar-refractivity contribution in [2.45, 2.75) is 6.92 Å². The van der Waals surface area contributed by atoms with Crippen LogP contribution in [0.4, 0.5) is 0 Å². The van der Waals surface area contributed by atoms with Crippen molar-refractivity contribution in [3.8, 4) is 17.1 Å². The number of hydrogen-bond donors (Lipinski definition) is 1. The van der Waals surface area contributed by atoms with E-state index in [1.807, 2.05) is 31.2 Å². The van der Waals surface area contributed by atoms with Crippen LogP contribution in [-0.4, -0.2) is 26.5 Å². The Kier molecular flexibility index (Phi) is 2.56. The lowest BCUT2D eigenvalue weighted by Crippen LogP contribution is -2.17. The molecule has 0 amide bonds. The summed E-state index contributed by atoms with van der Waals surface area (Å²) < 4.78 is 6.66. The van der Waals surface area contributed by atoms with E-state index in [1.165, 1.54) is 10.7 Å². The summed E-state index contributed by atoms with van der Waals surface area (Å²) in [6.45, 7) is 1.81. The van der Waals surface area contributed by atoms with Crippen LogP contribution < -0.4 is 10.4 Å². The largest absolute Gasteiger partial charge is 0.496 e. The van der Waals surface area contributed by atoms with Crippen LogP contribution in [0.15, 0.2) is 35.4 Å². The molecule has 0 saturated carbocycles. The molecule has 96 valence electrons. The number of H-pyrrole nitrogens is 1. The number of ether oxygens (including phenoxy) is 1. The summed E-state index contributed by atoms with van der Waals surface area (Å²) >= 11 is 0. The first-order valence-electron chi connectivity index (χ1n) is 5.78. The maximum absolute atomic E-state index is 12.0. The van der Waals surface area contributed by atoms with Crippen molar-refractivity contribution in [3.63, 3.8) is 0 Å². The number of nitrogens with one attached hydrogen (secondary N) is 1. The molecule has 2 aromatic heterocycles. The number of aromatic nitrogens is 4. The summed E-state index contributed by atoms with van der Waals surface area (Å²) in [5.74, 6) is 1.13. The van der Waals surface area contributed by atoms with Crippen molar-refractivity contribution in [1.82, 2.24) is 19.4 Å². The predicted octanol–water partition coefficient (Wildman–Crippen LogP) is 1.40. The Balaban J connectivity index is 2.31. The Labute approximate surface area is 108 Å². The lowest BCUT2D eigenvalue weighted by atomic mass is 10.2. The lowest BCUT2D eigenvalue weighted by molar-refractivity contribution is 0.416. The standard InChI is InChI=1S/C13H12N4O2/c1-8-12-15-11(16-13(18)17(12)7-14-8)9-5-3-4-6-10(9)19-2/h3-7H,1-2H3,(H,15,16,18). The molecule has 0 saturated heterocycles. The lowest BCUT2D eigenvalue weighted by Gasteiger charge is -2.07. The zero-order valence-electron chi connectivity index (χ0n) is 10.5. The van der Waals surface area contributed by atoms with Gasteiger partial charge in [-0.05, 0) is 19.1 Å². The van der Waals surface area contributed by atoms with E-state index < -0.39 is 0 Å². The quantitative estimate of drug-likeness (QED) is 0.752. The van der Waals surface area contributed by atoms with E-state index >= 15 is 0 Å². The number of rotatable bonds is 2. The Morgan fingerprint density at radius 3 is 2.89 bits per heavy atom. The molecule has 6 nitrogen and oxygen atoms in total. The van der Waals surface area contributed by atoms with Gasteiger partial charge in [-0.15, -0.1) is 0 Å². The number of aryl methyl sites for hydroxylation is 1. The molecule has 0 radical (unpaired) electrons. The van der Waals surface area contributed by atoms with Gasteiger partial charge in [-0.1, -0.05) is 12.1 Å². The molecule has 0 bridgehead atoms. The smallest absolute Gasteiger partial charge is 0.334 e. The molecule has 19 heavy (non-hydrogen) atoms. The summed E-state index contributed by atoms with van der Waals surface area (Å²) in [5, 5.41) is 0. The van der Waals surface area contributed by atoms with Crippen LogP contribution in [0.5, 0.6) is 5.75 Å². The van der Waals surface area contributed by atoms with Gasteiger partial charge in [-0.3, -0.25) is 4.98 Å². The van der Waals surface area contributed by atoms with Crippen LogP contribution in [-0.2, 0) is 0 Å². The van der Waals surface area contributed by atoms with Gasteiger partial charge in [0.25, 0.3) is 0 Å². The normalized spacial score (nSPS) is 10.8. The Hall–Kier alpha value is -2.63. The third-order valence-electron chi connectivity index (χ3n) is 2.94. The van der Waals surface area contributed by atoms with Gasteiger partial charge < -0.3 is 4.74 Å². The Morgan fingerprint density at radius 2 is 2.11 bits per heavy atom. The number of para-hydroxylation sites is 1. The van der Waals surface area contributed by atoms with Crippen molar-refractivity contribution in [3.05, 3.63) is 46.8 Å². The number of hydrogen-bond acceptors (Lipinski definition) is 4. The number of methoxy groups -OCH3 is 1. The van der Waals surface area contributed by atoms with Gasteiger partial charge in [-0.2, -0.15) is 0 Å². The molecule has 1 N–H and O–H groups in total. The molecule has 0 unspecified atom stereocenters. The summed E-state index contributed by atoms with van der Waals surface area (Å²) in [6, 6.07) is 7.40. The van der Waals surface area contributed by atoms with Crippen LogP contribution in [0.2, 0.25) is 0 Å². The summed E-state index contributed by atoms with van der Waals surface area (Å²) in [4.78, 5) is 23.2. The second-order valence-electron chi connectivity index (χ2n) is 4.11. The zero-order valence-corrected chi connectivity index (χ0v) is 10.5. The molecule has 0 fully saturated rings. The second-order valence-corrected chi connectivity index (χ2v) is 4.11. The SMILES string of the molecule is COc1ccccc1-c1nc2c(C)ncn2c(=O)[nH]1. The van der Waals surface area contributed by atoms with E-state index in [0.717, 1.165) is 5.56 Å². The fraction of sp³-hybridized carbons (Fsp3) is 0.154. The fourth-order valence-corrected chi connectivity index (χ4v) is 1.98. The summed E-state index contributed by atoms with van der Waals surface area (Å²) in [5.41, 5.74) is 1.73. The van der Waals surface area contributed by atoms with Gasteiger partial charge in [0.1, 0.15) is 17.9 Å². The molecule has 0 spiro atoms. The van der Waals surface area contributed by atoms with E-state index in [-0.39, 0.29) is 5.69 Å². The maximum atomic E-state index is 12.0. The first-order valence-corrected chi connectivity index (χ1v) is 5.78. The maximum Gasteiger partial charge on any atom is 0.334 e. The van der Waals surface area contributed by atoms with Gasteiger partial charge in [0.15, 0.2) is 5.65 Å². The average Bonchev–Trinajstić information content (AvgIpc) is 2.81. The van der Waals surface area contributed by atoms with E-state index in [9.17, 15) is 4.79 Å². The molecule has 0 aliphatic heterocycles. The van der Waals surface area contributed by atoms with Crippen LogP contribution >= 0.6 is 0 Å². The van der Waals surface area contributed by atoms with Gasteiger partial charge in [0.2, 0.25) is 0 Å².